The van der Waals surface area contributed by atoms with Crippen molar-refractivity contribution in [2.75, 3.05) is 0 Å². The van der Waals surface area contributed by atoms with Gasteiger partial charge in [-0.3, -0.25) is 0 Å². The highest BCUT2D eigenvalue weighted by molar-refractivity contribution is 5.92. The molecule has 0 saturated carbocycles. The van der Waals surface area contributed by atoms with Crippen LogP contribution in [0.2, 0.25) is 0 Å². The molecule has 0 aliphatic rings. The fraction of sp³-hybridized carbons (Fsp3) is 0. The van der Waals surface area contributed by atoms with Crippen LogP contribution in [0.15, 0.2) is 48.8 Å². The van der Waals surface area contributed by atoms with Crippen molar-refractivity contribution in [3.63, 3.8) is 0 Å². The number of hydrogen-bond acceptors (Lipinski definition) is 1. The minimum atomic E-state index is -1.10. The monoisotopic (exact) mass is 192 g/mol. The van der Waals surface area contributed by atoms with E-state index in [-0.39, 0.29) is 0 Å². The smallest absolute Gasteiger partial charge is 0.328 e. The summed E-state index contributed by atoms with van der Waals surface area (Å²) in [6.07, 6.45) is 2.40. The first-order valence-electron chi connectivity index (χ1n) is 4.01. The van der Waals surface area contributed by atoms with Gasteiger partial charge in [0.2, 0.25) is 0 Å². The number of carbonyl (C=O) groups is 1. The highest BCUT2D eigenvalue weighted by Gasteiger charge is 1.99. The van der Waals surface area contributed by atoms with E-state index < -0.39 is 5.97 Å². The quantitative estimate of drug-likeness (QED) is 0.590. The van der Waals surface area contributed by atoms with Crippen molar-refractivity contribution >= 4 is 11.5 Å². The Morgan fingerprint density at radius 2 is 1.93 bits per heavy atom. The summed E-state index contributed by atoms with van der Waals surface area (Å²) in [6, 6.07) is 8.76. The fourth-order valence-corrected chi connectivity index (χ4v) is 1.06. The van der Waals surface area contributed by atoms with Gasteiger partial charge in [-0.2, -0.15) is 0 Å². The molecule has 1 rings (SSSR count). The van der Waals surface area contributed by atoms with Gasteiger partial charge in [0.1, 0.15) is 0 Å². The molecule has 0 bridgehead atoms. The van der Waals surface area contributed by atoms with Gasteiger partial charge in [-0.05, 0) is 17.2 Å². The Morgan fingerprint density at radius 1 is 1.29 bits per heavy atom. The highest BCUT2D eigenvalue weighted by Crippen LogP contribution is 2.15. The van der Waals surface area contributed by atoms with Gasteiger partial charge in [-0.25, -0.2) is 9.18 Å². The molecule has 0 saturated heterocycles. The Hall–Kier alpha value is -1.90. The standard InChI is InChI=1S/C11H9FO2/c12-7-6-10(8-11(13)14)9-4-2-1-3-5-9/h1-8H,(H,13,14)/b7-6+,10-8+. The topological polar surface area (TPSA) is 37.3 Å². The summed E-state index contributed by atoms with van der Waals surface area (Å²) in [4.78, 5) is 10.4. The van der Waals surface area contributed by atoms with Gasteiger partial charge >= 0.3 is 5.97 Å². The molecule has 0 fully saturated rings. The molecule has 1 aromatic carbocycles. The average Bonchev–Trinajstić information content (AvgIpc) is 2.18. The number of halogens is 1. The van der Waals surface area contributed by atoms with Crippen molar-refractivity contribution in [3.8, 4) is 0 Å². The predicted molar refractivity (Wildman–Crippen MR) is 52.3 cm³/mol. The summed E-state index contributed by atoms with van der Waals surface area (Å²) in [6.45, 7) is 0. The molecule has 2 nitrogen and oxygen atoms in total. The van der Waals surface area contributed by atoms with Gasteiger partial charge < -0.3 is 5.11 Å². The second-order valence-electron chi connectivity index (χ2n) is 2.60. The van der Waals surface area contributed by atoms with E-state index in [0.29, 0.717) is 17.5 Å². The van der Waals surface area contributed by atoms with Crippen molar-refractivity contribution in [3.05, 3.63) is 54.4 Å². The van der Waals surface area contributed by atoms with E-state index in [1.165, 1.54) is 0 Å². The lowest BCUT2D eigenvalue weighted by Gasteiger charge is -1.99. The Kier molecular flexibility index (Phi) is 3.61. The molecular weight excluding hydrogens is 183 g/mol. The van der Waals surface area contributed by atoms with Crippen molar-refractivity contribution < 1.29 is 14.3 Å². The van der Waals surface area contributed by atoms with Crippen LogP contribution in [0, 0.1) is 0 Å². The van der Waals surface area contributed by atoms with E-state index >= 15 is 0 Å². The molecule has 0 atom stereocenters. The van der Waals surface area contributed by atoms with Crippen LogP contribution in [0.4, 0.5) is 4.39 Å². The predicted octanol–water partition coefficient (Wildman–Crippen LogP) is 2.64. The maximum atomic E-state index is 12.0. The molecule has 3 heteroatoms. The molecule has 0 heterocycles. The second kappa shape index (κ2) is 4.97. The Labute approximate surface area is 81.0 Å². The molecular formula is C11H9FO2. The summed E-state index contributed by atoms with van der Waals surface area (Å²) in [5.74, 6) is -1.10. The van der Waals surface area contributed by atoms with Gasteiger partial charge in [0, 0.05) is 6.08 Å². The number of benzene rings is 1. The fourth-order valence-electron chi connectivity index (χ4n) is 1.06. The van der Waals surface area contributed by atoms with Crippen LogP contribution in [0.5, 0.6) is 0 Å². The average molecular weight is 192 g/mol. The van der Waals surface area contributed by atoms with E-state index in [4.69, 9.17) is 5.11 Å². The normalized spacial score (nSPS) is 11.9. The first kappa shape index (κ1) is 10.2. The van der Waals surface area contributed by atoms with Crippen LogP contribution < -0.4 is 0 Å². The van der Waals surface area contributed by atoms with E-state index in [2.05, 4.69) is 0 Å². The van der Waals surface area contributed by atoms with Gasteiger partial charge in [0.25, 0.3) is 0 Å². The molecule has 0 amide bonds. The van der Waals surface area contributed by atoms with Crippen molar-refractivity contribution in [1.29, 1.82) is 0 Å². The Morgan fingerprint density at radius 3 is 2.43 bits per heavy atom. The van der Waals surface area contributed by atoms with Gasteiger partial charge in [-0.15, -0.1) is 0 Å². The van der Waals surface area contributed by atoms with Crippen molar-refractivity contribution in [1.82, 2.24) is 0 Å². The molecule has 1 N–H and O–H groups in total. The van der Waals surface area contributed by atoms with Crippen LogP contribution in [0.25, 0.3) is 5.57 Å². The molecule has 0 unspecified atom stereocenters. The molecule has 0 aromatic heterocycles. The molecule has 0 spiro atoms. The van der Waals surface area contributed by atoms with Crippen LogP contribution in [-0.2, 0) is 4.79 Å². The van der Waals surface area contributed by atoms with Gasteiger partial charge in [0.05, 0.1) is 6.33 Å². The lowest BCUT2D eigenvalue weighted by Crippen LogP contribution is -1.90. The van der Waals surface area contributed by atoms with Crippen molar-refractivity contribution in [2.24, 2.45) is 0 Å². The maximum Gasteiger partial charge on any atom is 0.328 e. The lowest BCUT2D eigenvalue weighted by molar-refractivity contribution is -0.131. The second-order valence-corrected chi connectivity index (χ2v) is 2.60. The zero-order chi connectivity index (χ0) is 10.4. The number of aliphatic carboxylic acids is 1. The molecule has 72 valence electrons. The molecule has 0 aliphatic heterocycles. The minimum Gasteiger partial charge on any atom is -0.478 e. The zero-order valence-corrected chi connectivity index (χ0v) is 7.35. The van der Waals surface area contributed by atoms with E-state index in [0.717, 1.165) is 12.2 Å². The first-order valence-corrected chi connectivity index (χ1v) is 4.01. The lowest BCUT2D eigenvalue weighted by atomic mass is 10.1. The third kappa shape index (κ3) is 2.86. The Bertz CT molecular complexity index is 366. The minimum absolute atomic E-state index is 0.321. The summed E-state index contributed by atoms with van der Waals surface area (Å²) >= 11 is 0. The highest BCUT2D eigenvalue weighted by atomic mass is 19.1. The van der Waals surface area contributed by atoms with E-state index in [1.54, 1.807) is 30.3 Å². The Balaban J connectivity index is 3.07. The third-order valence-corrected chi connectivity index (χ3v) is 1.63. The van der Waals surface area contributed by atoms with Crippen LogP contribution in [0.3, 0.4) is 0 Å². The number of carboxylic acids is 1. The van der Waals surface area contributed by atoms with Gasteiger partial charge in [0.15, 0.2) is 0 Å². The largest absolute Gasteiger partial charge is 0.478 e. The van der Waals surface area contributed by atoms with Crippen LogP contribution >= 0.6 is 0 Å². The first-order chi connectivity index (χ1) is 6.74. The summed E-state index contributed by atoms with van der Waals surface area (Å²) in [5, 5.41) is 8.54. The number of hydrogen-bond donors (Lipinski definition) is 1. The summed E-state index contributed by atoms with van der Waals surface area (Å²) < 4.78 is 12.0. The van der Waals surface area contributed by atoms with E-state index in [9.17, 15) is 9.18 Å². The van der Waals surface area contributed by atoms with E-state index in [1.807, 2.05) is 0 Å². The number of rotatable bonds is 3. The molecule has 0 radical (unpaired) electrons. The molecule has 1 aromatic rings. The number of allylic oxidation sites excluding steroid dienone is 2. The van der Waals surface area contributed by atoms with Crippen LogP contribution in [-0.4, -0.2) is 11.1 Å². The van der Waals surface area contributed by atoms with Gasteiger partial charge in [-0.1, -0.05) is 30.3 Å². The molecule has 14 heavy (non-hydrogen) atoms. The maximum absolute atomic E-state index is 12.0. The summed E-state index contributed by atoms with van der Waals surface area (Å²) in [5.41, 5.74) is 1.00. The van der Waals surface area contributed by atoms with Crippen LogP contribution in [0.1, 0.15) is 5.56 Å². The number of carboxylic acid groups (broad SMARTS) is 1. The zero-order valence-electron chi connectivity index (χ0n) is 7.35. The third-order valence-electron chi connectivity index (χ3n) is 1.63. The molecule has 0 aliphatic carbocycles. The SMILES string of the molecule is O=C(O)/C=C(\C=C\F)c1ccccc1. The van der Waals surface area contributed by atoms with Crippen molar-refractivity contribution in [2.45, 2.75) is 0 Å². The summed E-state index contributed by atoms with van der Waals surface area (Å²) in [7, 11) is 0.